The zero-order valence-corrected chi connectivity index (χ0v) is 8.96. The van der Waals surface area contributed by atoms with Crippen LogP contribution in [-0.2, 0) is 0 Å². The molecule has 0 heterocycles. The number of aliphatic hydroxyl groups is 1. The van der Waals surface area contributed by atoms with Crippen LogP contribution in [0.5, 0.6) is 0 Å². The van der Waals surface area contributed by atoms with E-state index in [0.29, 0.717) is 0 Å². The van der Waals surface area contributed by atoms with Crippen molar-refractivity contribution in [3.05, 3.63) is 29.6 Å². The van der Waals surface area contributed by atoms with Gasteiger partial charge in [-0.3, -0.25) is 4.79 Å². The Morgan fingerprint density at radius 1 is 1.44 bits per heavy atom. The third kappa shape index (κ3) is 3.59. The lowest BCUT2D eigenvalue weighted by atomic mass is 10.1. The lowest BCUT2D eigenvalue weighted by molar-refractivity contribution is -0.201. The zero-order chi connectivity index (χ0) is 13.9. The second-order valence-electron chi connectivity index (χ2n) is 3.51. The van der Waals surface area contributed by atoms with Gasteiger partial charge in [0, 0.05) is 5.69 Å². The van der Waals surface area contributed by atoms with Crippen molar-refractivity contribution < 1.29 is 27.5 Å². The van der Waals surface area contributed by atoms with Crippen LogP contribution in [0.3, 0.4) is 0 Å². The predicted octanol–water partition coefficient (Wildman–Crippen LogP) is 1.06. The van der Waals surface area contributed by atoms with Gasteiger partial charge in [0.15, 0.2) is 6.10 Å². The molecule has 1 atom stereocenters. The average Bonchev–Trinajstić information content (AvgIpc) is 2.27. The molecule has 0 saturated carbocycles. The molecule has 0 aliphatic heterocycles. The maximum absolute atomic E-state index is 13.2. The Hall–Kier alpha value is -1.83. The van der Waals surface area contributed by atoms with Crippen molar-refractivity contribution in [1.29, 1.82) is 0 Å². The first-order valence-electron chi connectivity index (χ1n) is 4.80. The number of benzene rings is 1. The summed E-state index contributed by atoms with van der Waals surface area (Å²) in [5.41, 5.74) is 4.93. The van der Waals surface area contributed by atoms with Crippen LogP contribution in [-0.4, -0.2) is 29.8 Å². The molecule has 1 aromatic rings. The number of hydrogen-bond donors (Lipinski definition) is 3. The van der Waals surface area contributed by atoms with Crippen molar-refractivity contribution in [2.24, 2.45) is 0 Å². The molecule has 0 aliphatic rings. The Balaban J connectivity index is 2.69. The Kier molecular flexibility index (Phi) is 4.12. The standard InChI is InChI=1S/C10H10F4N2O2/c11-7-2-1-5(15)3-6(7)9(18)16-4-8(17)10(12,13)14/h1-3,8,17H,4,15H2,(H,16,18). The Morgan fingerprint density at radius 2 is 2.06 bits per heavy atom. The number of nitrogens with one attached hydrogen (secondary N) is 1. The SMILES string of the molecule is Nc1ccc(F)c(C(=O)NCC(O)C(F)(F)F)c1. The third-order valence-electron chi connectivity index (χ3n) is 2.07. The molecular weight excluding hydrogens is 256 g/mol. The van der Waals surface area contributed by atoms with E-state index in [9.17, 15) is 22.4 Å². The normalized spacial score (nSPS) is 13.2. The van der Waals surface area contributed by atoms with Gasteiger partial charge in [0.05, 0.1) is 12.1 Å². The molecule has 0 aromatic heterocycles. The molecule has 8 heteroatoms. The molecule has 4 nitrogen and oxygen atoms in total. The Morgan fingerprint density at radius 3 is 2.61 bits per heavy atom. The highest BCUT2D eigenvalue weighted by Crippen LogP contribution is 2.19. The fourth-order valence-electron chi connectivity index (χ4n) is 1.12. The third-order valence-corrected chi connectivity index (χ3v) is 2.07. The first-order valence-corrected chi connectivity index (χ1v) is 4.80. The van der Waals surface area contributed by atoms with Gasteiger partial charge in [-0.2, -0.15) is 13.2 Å². The van der Waals surface area contributed by atoms with Crippen molar-refractivity contribution in [2.75, 3.05) is 12.3 Å². The molecule has 4 N–H and O–H groups in total. The summed E-state index contributed by atoms with van der Waals surface area (Å²) in [6, 6.07) is 3.12. The predicted molar refractivity (Wildman–Crippen MR) is 55.2 cm³/mol. The smallest absolute Gasteiger partial charge is 0.399 e. The van der Waals surface area contributed by atoms with E-state index in [1.807, 2.05) is 0 Å². The summed E-state index contributed by atoms with van der Waals surface area (Å²) in [7, 11) is 0. The van der Waals surface area contributed by atoms with Crippen molar-refractivity contribution >= 4 is 11.6 Å². The molecule has 1 aromatic carbocycles. The van der Waals surface area contributed by atoms with Crippen molar-refractivity contribution in [1.82, 2.24) is 5.32 Å². The minimum Gasteiger partial charge on any atom is -0.399 e. The largest absolute Gasteiger partial charge is 0.416 e. The number of nitrogens with two attached hydrogens (primary N) is 1. The van der Waals surface area contributed by atoms with E-state index in [0.717, 1.165) is 12.1 Å². The van der Waals surface area contributed by atoms with Crippen LogP contribution in [0.4, 0.5) is 23.2 Å². The van der Waals surface area contributed by atoms with E-state index in [4.69, 9.17) is 10.8 Å². The number of nitrogen functional groups attached to an aromatic ring is 1. The second-order valence-corrected chi connectivity index (χ2v) is 3.51. The maximum atomic E-state index is 13.2. The number of aliphatic hydroxyl groups excluding tert-OH is 1. The number of alkyl halides is 3. The number of anilines is 1. The molecule has 1 rings (SSSR count). The zero-order valence-electron chi connectivity index (χ0n) is 8.96. The molecule has 1 unspecified atom stereocenters. The van der Waals surface area contributed by atoms with Gasteiger partial charge in [0.2, 0.25) is 0 Å². The van der Waals surface area contributed by atoms with Crippen LogP contribution in [0.25, 0.3) is 0 Å². The van der Waals surface area contributed by atoms with Crippen molar-refractivity contribution in [3.63, 3.8) is 0 Å². The monoisotopic (exact) mass is 266 g/mol. The molecule has 0 bridgehead atoms. The van der Waals surface area contributed by atoms with Gasteiger partial charge in [0.1, 0.15) is 5.82 Å². The molecule has 0 spiro atoms. The fraction of sp³-hybridized carbons (Fsp3) is 0.300. The van der Waals surface area contributed by atoms with Crippen molar-refractivity contribution in [3.8, 4) is 0 Å². The lowest BCUT2D eigenvalue weighted by Gasteiger charge is -2.15. The summed E-state index contributed by atoms with van der Waals surface area (Å²) in [6.45, 7) is -1.06. The van der Waals surface area contributed by atoms with Gasteiger partial charge >= 0.3 is 6.18 Å². The van der Waals surface area contributed by atoms with Crippen LogP contribution in [0, 0.1) is 5.82 Å². The molecule has 0 fully saturated rings. The van der Waals surface area contributed by atoms with E-state index < -0.39 is 36.1 Å². The van der Waals surface area contributed by atoms with Gasteiger partial charge < -0.3 is 16.2 Å². The second kappa shape index (κ2) is 5.21. The summed E-state index contributed by atoms with van der Waals surface area (Å²) >= 11 is 0. The van der Waals surface area contributed by atoms with Gasteiger partial charge in [-0.05, 0) is 18.2 Å². The van der Waals surface area contributed by atoms with Crippen LogP contribution < -0.4 is 11.1 Å². The van der Waals surface area contributed by atoms with E-state index in [-0.39, 0.29) is 5.69 Å². The molecule has 100 valence electrons. The first-order chi connectivity index (χ1) is 8.21. The van der Waals surface area contributed by atoms with Crippen molar-refractivity contribution in [2.45, 2.75) is 12.3 Å². The minimum atomic E-state index is -4.85. The summed E-state index contributed by atoms with van der Waals surface area (Å²) in [4.78, 5) is 11.4. The summed E-state index contributed by atoms with van der Waals surface area (Å²) < 4.78 is 49.0. The van der Waals surface area contributed by atoms with Gasteiger partial charge in [-0.25, -0.2) is 4.39 Å². The summed E-state index contributed by atoms with van der Waals surface area (Å²) in [5.74, 6) is -1.99. The fourth-order valence-corrected chi connectivity index (χ4v) is 1.12. The molecule has 1 amide bonds. The van der Waals surface area contributed by atoms with Crippen LogP contribution in [0.15, 0.2) is 18.2 Å². The lowest BCUT2D eigenvalue weighted by Crippen LogP contribution is -2.40. The minimum absolute atomic E-state index is 0.0953. The number of halogens is 4. The van der Waals surface area contributed by atoms with E-state index in [1.54, 1.807) is 5.32 Å². The summed E-state index contributed by atoms with van der Waals surface area (Å²) in [5, 5.41) is 10.4. The van der Waals surface area contributed by atoms with Gasteiger partial charge in [-0.15, -0.1) is 0 Å². The highest BCUT2D eigenvalue weighted by Gasteiger charge is 2.38. The number of rotatable bonds is 3. The molecular formula is C10H10F4N2O2. The Labute approximate surface area is 99.4 Å². The summed E-state index contributed by atoms with van der Waals surface area (Å²) in [6.07, 6.45) is -7.55. The van der Waals surface area contributed by atoms with E-state index in [2.05, 4.69) is 0 Å². The molecule has 18 heavy (non-hydrogen) atoms. The number of carbonyl (C=O) groups excluding carboxylic acids is 1. The van der Waals surface area contributed by atoms with Crippen LogP contribution in [0.1, 0.15) is 10.4 Å². The molecule has 0 saturated heterocycles. The van der Waals surface area contributed by atoms with Gasteiger partial charge in [0.25, 0.3) is 5.91 Å². The van der Waals surface area contributed by atoms with E-state index >= 15 is 0 Å². The first kappa shape index (κ1) is 14.2. The topological polar surface area (TPSA) is 75.4 Å². The van der Waals surface area contributed by atoms with Crippen LogP contribution in [0.2, 0.25) is 0 Å². The molecule has 0 aliphatic carbocycles. The highest BCUT2D eigenvalue weighted by molar-refractivity contribution is 5.95. The average molecular weight is 266 g/mol. The Bertz CT molecular complexity index is 448. The quantitative estimate of drug-likeness (QED) is 0.565. The number of amides is 1. The van der Waals surface area contributed by atoms with Gasteiger partial charge in [-0.1, -0.05) is 0 Å². The van der Waals surface area contributed by atoms with Crippen LogP contribution >= 0.6 is 0 Å². The highest BCUT2D eigenvalue weighted by atomic mass is 19.4. The maximum Gasteiger partial charge on any atom is 0.416 e. The number of carbonyl (C=O) groups is 1. The molecule has 0 radical (unpaired) electrons. The van der Waals surface area contributed by atoms with E-state index in [1.165, 1.54) is 6.07 Å². The number of hydrogen-bond acceptors (Lipinski definition) is 3.